The molecule has 0 bridgehead atoms. The van der Waals surface area contributed by atoms with Gasteiger partial charge in [0.1, 0.15) is 11.6 Å². The van der Waals surface area contributed by atoms with Crippen LogP contribution in [-0.4, -0.2) is 18.8 Å². The molecule has 0 amide bonds. The average molecular weight is 353 g/mol. The van der Waals surface area contributed by atoms with E-state index in [1.165, 1.54) is 6.07 Å². The molecule has 112 valence electrons. The Balaban J connectivity index is 2.07. The molecular formula is C17H18BrFO2. The molecule has 0 aromatic heterocycles. The number of halogens is 2. The monoisotopic (exact) mass is 352 g/mol. The zero-order valence-corrected chi connectivity index (χ0v) is 13.4. The van der Waals surface area contributed by atoms with Gasteiger partial charge in [-0.1, -0.05) is 18.2 Å². The number of aliphatic hydroxyl groups excluding tert-OH is 1. The predicted octanol–water partition coefficient (Wildman–Crippen LogP) is 3.99. The van der Waals surface area contributed by atoms with Gasteiger partial charge in [0.05, 0.1) is 11.6 Å². The van der Waals surface area contributed by atoms with Crippen LogP contribution in [0.4, 0.5) is 4.39 Å². The van der Waals surface area contributed by atoms with Crippen LogP contribution in [0.1, 0.15) is 11.1 Å². The Kier molecular flexibility index (Phi) is 5.76. The summed E-state index contributed by atoms with van der Waals surface area (Å²) in [5.74, 6) is 0.635. The maximum atomic E-state index is 13.2. The van der Waals surface area contributed by atoms with E-state index in [4.69, 9.17) is 4.74 Å². The summed E-state index contributed by atoms with van der Waals surface area (Å²) >= 11 is 3.19. The van der Waals surface area contributed by atoms with Crippen LogP contribution in [0, 0.1) is 11.7 Å². The molecule has 0 fully saturated rings. The van der Waals surface area contributed by atoms with Crippen LogP contribution < -0.4 is 4.74 Å². The van der Waals surface area contributed by atoms with Gasteiger partial charge >= 0.3 is 0 Å². The fraction of sp³-hybridized carbons (Fsp3) is 0.294. The summed E-state index contributed by atoms with van der Waals surface area (Å²) in [4.78, 5) is 0. The molecule has 0 aliphatic heterocycles. The van der Waals surface area contributed by atoms with Crippen LogP contribution in [0.2, 0.25) is 0 Å². The van der Waals surface area contributed by atoms with Crippen LogP contribution in [0.25, 0.3) is 0 Å². The Morgan fingerprint density at radius 1 is 1.14 bits per heavy atom. The molecule has 0 saturated heterocycles. The molecule has 2 nitrogen and oxygen atoms in total. The largest absolute Gasteiger partial charge is 0.497 e. The van der Waals surface area contributed by atoms with Gasteiger partial charge in [0, 0.05) is 6.61 Å². The van der Waals surface area contributed by atoms with E-state index >= 15 is 0 Å². The zero-order chi connectivity index (χ0) is 15.2. The van der Waals surface area contributed by atoms with Crippen molar-refractivity contribution in [2.24, 2.45) is 5.92 Å². The van der Waals surface area contributed by atoms with Crippen LogP contribution >= 0.6 is 15.9 Å². The molecule has 0 spiro atoms. The third-order valence-electron chi connectivity index (χ3n) is 3.43. The highest BCUT2D eigenvalue weighted by molar-refractivity contribution is 9.10. The fourth-order valence-electron chi connectivity index (χ4n) is 2.33. The molecule has 4 heteroatoms. The van der Waals surface area contributed by atoms with Crippen molar-refractivity contribution in [3.05, 3.63) is 63.9 Å². The highest BCUT2D eigenvalue weighted by atomic mass is 79.9. The minimum absolute atomic E-state index is 0.0895. The number of methoxy groups -OCH3 is 1. The minimum atomic E-state index is -0.271. The van der Waals surface area contributed by atoms with E-state index in [-0.39, 0.29) is 18.3 Å². The Morgan fingerprint density at radius 2 is 1.86 bits per heavy atom. The Hall–Kier alpha value is -1.39. The molecule has 1 unspecified atom stereocenters. The quantitative estimate of drug-likeness (QED) is 0.851. The van der Waals surface area contributed by atoms with E-state index < -0.39 is 0 Å². The molecule has 0 heterocycles. The highest BCUT2D eigenvalue weighted by Gasteiger charge is 2.11. The summed E-state index contributed by atoms with van der Waals surface area (Å²) in [5, 5.41) is 9.58. The molecular weight excluding hydrogens is 335 g/mol. The second-order valence-electron chi connectivity index (χ2n) is 5.06. The Labute approximate surface area is 132 Å². The first-order chi connectivity index (χ1) is 10.1. The lowest BCUT2D eigenvalue weighted by atomic mass is 9.93. The van der Waals surface area contributed by atoms with Crippen LogP contribution in [-0.2, 0) is 12.8 Å². The van der Waals surface area contributed by atoms with Crippen molar-refractivity contribution in [3.8, 4) is 5.75 Å². The van der Waals surface area contributed by atoms with Gasteiger partial charge in [-0.15, -0.1) is 0 Å². The lowest BCUT2D eigenvalue weighted by molar-refractivity contribution is 0.225. The molecule has 1 N–H and O–H groups in total. The van der Waals surface area contributed by atoms with Crippen molar-refractivity contribution in [2.75, 3.05) is 13.7 Å². The molecule has 1 atom stereocenters. The van der Waals surface area contributed by atoms with Gasteiger partial charge in [0.2, 0.25) is 0 Å². The first-order valence-corrected chi connectivity index (χ1v) is 7.59. The first kappa shape index (κ1) is 16.0. The van der Waals surface area contributed by atoms with Crippen molar-refractivity contribution in [2.45, 2.75) is 12.8 Å². The van der Waals surface area contributed by atoms with Crippen molar-refractivity contribution < 1.29 is 14.2 Å². The summed E-state index contributed by atoms with van der Waals surface area (Å²) in [6.45, 7) is 0.0895. The number of ether oxygens (including phenoxy) is 1. The topological polar surface area (TPSA) is 29.5 Å². The zero-order valence-electron chi connectivity index (χ0n) is 11.9. The van der Waals surface area contributed by atoms with E-state index in [9.17, 15) is 9.50 Å². The maximum Gasteiger partial charge on any atom is 0.137 e. The molecule has 21 heavy (non-hydrogen) atoms. The van der Waals surface area contributed by atoms with Crippen molar-refractivity contribution in [1.29, 1.82) is 0 Å². The number of hydrogen-bond acceptors (Lipinski definition) is 2. The smallest absolute Gasteiger partial charge is 0.137 e. The molecule has 0 aliphatic carbocycles. The summed E-state index contributed by atoms with van der Waals surface area (Å²) < 4.78 is 18.9. The van der Waals surface area contributed by atoms with Crippen molar-refractivity contribution in [3.63, 3.8) is 0 Å². The van der Waals surface area contributed by atoms with Gasteiger partial charge in [-0.25, -0.2) is 4.39 Å². The van der Waals surface area contributed by atoms with E-state index in [0.29, 0.717) is 10.9 Å². The van der Waals surface area contributed by atoms with Gasteiger partial charge in [-0.05, 0) is 70.1 Å². The normalized spacial score (nSPS) is 12.2. The molecule has 2 rings (SSSR count). The summed E-state index contributed by atoms with van der Waals surface area (Å²) in [5.41, 5.74) is 2.12. The molecule has 0 radical (unpaired) electrons. The second-order valence-corrected chi connectivity index (χ2v) is 5.91. The fourth-order valence-corrected chi connectivity index (χ4v) is 2.76. The number of benzene rings is 2. The Morgan fingerprint density at radius 3 is 2.48 bits per heavy atom. The number of hydrogen-bond donors (Lipinski definition) is 1. The van der Waals surface area contributed by atoms with Gasteiger partial charge in [0.25, 0.3) is 0 Å². The van der Waals surface area contributed by atoms with E-state index in [2.05, 4.69) is 15.9 Å². The van der Waals surface area contributed by atoms with E-state index in [1.807, 2.05) is 24.3 Å². The van der Waals surface area contributed by atoms with Crippen LogP contribution in [0.15, 0.2) is 46.9 Å². The summed E-state index contributed by atoms with van der Waals surface area (Å²) in [6.07, 6.45) is 1.45. The number of aliphatic hydroxyl groups is 1. The van der Waals surface area contributed by atoms with E-state index in [1.54, 1.807) is 19.2 Å². The minimum Gasteiger partial charge on any atom is -0.497 e. The first-order valence-electron chi connectivity index (χ1n) is 6.80. The molecule has 0 saturated carbocycles. The SMILES string of the molecule is COc1cccc(CC(CO)Cc2ccc(F)c(Br)c2)c1. The van der Waals surface area contributed by atoms with Gasteiger partial charge in [0.15, 0.2) is 0 Å². The molecule has 2 aromatic rings. The lowest BCUT2D eigenvalue weighted by Gasteiger charge is -2.15. The number of rotatable bonds is 6. The van der Waals surface area contributed by atoms with Crippen molar-refractivity contribution >= 4 is 15.9 Å². The summed E-state index contributed by atoms with van der Waals surface area (Å²) in [6, 6.07) is 12.8. The average Bonchev–Trinajstić information content (AvgIpc) is 2.50. The Bertz CT molecular complexity index is 601. The highest BCUT2D eigenvalue weighted by Crippen LogP contribution is 2.22. The van der Waals surface area contributed by atoms with Crippen LogP contribution in [0.3, 0.4) is 0 Å². The molecule has 0 aliphatic rings. The van der Waals surface area contributed by atoms with Crippen molar-refractivity contribution in [1.82, 2.24) is 0 Å². The third-order valence-corrected chi connectivity index (χ3v) is 4.03. The third kappa shape index (κ3) is 4.55. The summed E-state index contributed by atoms with van der Waals surface area (Å²) in [7, 11) is 1.64. The standard InChI is InChI=1S/C17H18BrFO2/c1-21-15-4-2-3-12(9-15)7-14(11-20)8-13-5-6-17(19)16(18)10-13/h2-6,9-10,14,20H,7-8,11H2,1H3. The predicted molar refractivity (Wildman–Crippen MR) is 85.1 cm³/mol. The van der Waals surface area contributed by atoms with Gasteiger partial charge in [-0.3, -0.25) is 0 Å². The van der Waals surface area contributed by atoms with Gasteiger partial charge < -0.3 is 9.84 Å². The lowest BCUT2D eigenvalue weighted by Crippen LogP contribution is -2.13. The van der Waals surface area contributed by atoms with Crippen LogP contribution in [0.5, 0.6) is 5.75 Å². The maximum absolute atomic E-state index is 13.2. The van der Waals surface area contributed by atoms with Gasteiger partial charge in [-0.2, -0.15) is 0 Å². The van der Waals surface area contributed by atoms with E-state index in [0.717, 1.165) is 23.3 Å². The second kappa shape index (κ2) is 7.57. The molecule has 2 aromatic carbocycles.